The Morgan fingerprint density at radius 1 is 1.20 bits per heavy atom. The van der Waals surface area contributed by atoms with Gasteiger partial charge in [-0.3, -0.25) is 4.79 Å². The lowest BCUT2D eigenvalue weighted by molar-refractivity contribution is -0.136. The molecule has 0 saturated carbocycles. The molecule has 1 saturated heterocycles. The van der Waals surface area contributed by atoms with Gasteiger partial charge in [0.1, 0.15) is 0 Å². The van der Waals surface area contributed by atoms with E-state index in [0.717, 1.165) is 5.56 Å². The van der Waals surface area contributed by atoms with Crippen LogP contribution in [0.5, 0.6) is 0 Å². The average molecular weight is 298 g/mol. The summed E-state index contributed by atoms with van der Waals surface area (Å²) in [5, 5.41) is 8.25. The lowest BCUT2D eigenvalue weighted by Gasteiger charge is -2.22. The van der Waals surface area contributed by atoms with Crippen molar-refractivity contribution in [3.63, 3.8) is 0 Å². The molecule has 0 unspecified atom stereocenters. The number of carbonyl (C=O) groups is 1. The molecule has 0 amide bonds. The van der Waals surface area contributed by atoms with Gasteiger partial charge in [0.2, 0.25) is 0 Å². The third kappa shape index (κ3) is 3.58. The number of carboxylic acids is 1. The predicted molar refractivity (Wildman–Crippen MR) is 73.4 cm³/mol. The van der Waals surface area contributed by atoms with Crippen molar-refractivity contribution < 1.29 is 23.1 Å². The van der Waals surface area contributed by atoms with Gasteiger partial charge in [-0.25, -0.2) is 8.42 Å². The van der Waals surface area contributed by atoms with Gasteiger partial charge in [-0.1, -0.05) is 12.1 Å². The van der Waals surface area contributed by atoms with Crippen molar-refractivity contribution in [1.82, 2.24) is 0 Å². The summed E-state index contributed by atoms with van der Waals surface area (Å²) in [6.07, 6.45) is 1.52. The van der Waals surface area contributed by atoms with E-state index in [-0.39, 0.29) is 11.7 Å². The van der Waals surface area contributed by atoms with E-state index in [2.05, 4.69) is 0 Å². The first-order chi connectivity index (χ1) is 9.50. The minimum absolute atomic E-state index is 0.0477. The summed E-state index contributed by atoms with van der Waals surface area (Å²) >= 11 is 0. The lowest BCUT2D eigenvalue weighted by atomic mass is 10.1. The Kier molecular flexibility index (Phi) is 4.77. The Labute approximate surface area is 118 Å². The molecule has 110 valence electrons. The number of rotatable bonds is 5. The lowest BCUT2D eigenvalue weighted by Crippen LogP contribution is -2.28. The van der Waals surface area contributed by atoms with Crippen LogP contribution in [0.1, 0.15) is 24.8 Å². The van der Waals surface area contributed by atoms with E-state index in [9.17, 15) is 13.2 Å². The van der Waals surface area contributed by atoms with Crippen molar-refractivity contribution >= 4 is 15.8 Å². The first-order valence-electron chi connectivity index (χ1n) is 6.62. The van der Waals surface area contributed by atoms with E-state index in [0.29, 0.717) is 37.4 Å². The fraction of sp³-hybridized carbons (Fsp3) is 0.500. The highest BCUT2D eigenvalue weighted by Gasteiger charge is 2.29. The third-order valence-electron chi connectivity index (χ3n) is 3.49. The number of carboxylic acid groups (broad SMARTS) is 1. The van der Waals surface area contributed by atoms with Gasteiger partial charge < -0.3 is 9.84 Å². The van der Waals surface area contributed by atoms with Gasteiger partial charge in [-0.2, -0.15) is 0 Å². The Hall–Kier alpha value is -1.40. The molecule has 1 aliphatic rings. The molecular formula is C14H18O5S. The number of aliphatic carboxylic acids is 1. The van der Waals surface area contributed by atoms with E-state index in [1.807, 2.05) is 0 Å². The molecule has 1 N–H and O–H groups in total. The first kappa shape index (κ1) is 15.0. The molecule has 1 fully saturated rings. The van der Waals surface area contributed by atoms with Gasteiger partial charge in [0.05, 0.1) is 10.1 Å². The molecule has 1 aromatic carbocycles. The number of sulfone groups is 1. The van der Waals surface area contributed by atoms with E-state index < -0.39 is 15.8 Å². The van der Waals surface area contributed by atoms with Gasteiger partial charge in [0.15, 0.2) is 9.84 Å². The minimum Gasteiger partial charge on any atom is -0.481 e. The summed E-state index contributed by atoms with van der Waals surface area (Å²) in [6.45, 7) is 0.973. The molecule has 1 aliphatic heterocycles. The summed E-state index contributed by atoms with van der Waals surface area (Å²) < 4.78 is 30.0. The molecule has 6 heteroatoms. The first-order valence-corrected chi connectivity index (χ1v) is 8.17. The molecule has 5 nitrogen and oxygen atoms in total. The van der Waals surface area contributed by atoms with Crippen LogP contribution in [0, 0.1) is 0 Å². The molecule has 0 radical (unpaired) electrons. The van der Waals surface area contributed by atoms with Crippen molar-refractivity contribution in [2.45, 2.75) is 35.8 Å². The molecular weight excluding hydrogens is 280 g/mol. The zero-order valence-electron chi connectivity index (χ0n) is 11.1. The fourth-order valence-electron chi connectivity index (χ4n) is 2.28. The Bertz CT molecular complexity index is 556. The average Bonchev–Trinajstić information content (AvgIpc) is 2.46. The van der Waals surface area contributed by atoms with Crippen LogP contribution >= 0.6 is 0 Å². The van der Waals surface area contributed by atoms with Gasteiger partial charge in [0.25, 0.3) is 0 Å². The highest BCUT2D eigenvalue weighted by Crippen LogP contribution is 2.24. The number of ether oxygens (including phenoxy) is 1. The molecule has 0 atom stereocenters. The number of aryl methyl sites for hydroxylation is 1. The van der Waals surface area contributed by atoms with Gasteiger partial charge in [-0.15, -0.1) is 0 Å². The van der Waals surface area contributed by atoms with Gasteiger partial charge >= 0.3 is 5.97 Å². The zero-order valence-corrected chi connectivity index (χ0v) is 11.9. The maximum Gasteiger partial charge on any atom is 0.303 e. The monoisotopic (exact) mass is 298 g/mol. The van der Waals surface area contributed by atoms with Crippen LogP contribution in [0.25, 0.3) is 0 Å². The smallest absolute Gasteiger partial charge is 0.303 e. The van der Waals surface area contributed by atoms with Crippen LogP contribution in [0.3, 0.4) is 0 Å². The van der Waals surface area contributed by atoms with Crippen LogP contribution < -0.4 is 0 Å². The summed E-state index contributed by atoms with van der Waals surface area (Å²) in [7, 11) is -3.31. The highest BCUT2D eigenvalue weighted by atomic mass is 32.2. The minimum atomic E-state index is -3.31. The standard InChI is InChI=1S/C14H18O5S/c15-14(16)6-3-11-1-4-12(5-2-11)20(17,18)13-7-9-19-10-8-13/h1-2,4-5,13H,3,6-10H2,(H,15,16). The second-order valence-corrected chi connectivity index (χ2v) is 7.12. The number of hydrogen-bond donors (Lipinski definition) is 1. The van der Waals surface area contributed by atoms with Gasteiger partial charge in [-0.05, 0) is 37.0 Å². The molecule has 1 heterocycles. The summed E-state index contributed by atoms with van der Waals surface area (Å²) in [4.78, 5) is 10.8. The van der Waals surface area contributed by atoms with Crippen LogP contribution in [0.4, 0.5) is 0 Å². The molecule has 0 aromatic heterocycles. The van der Waals surface area contributed by atoms with Crippen LogP contribution in [-0.2, 0) is 25.8 Å². The normalized spacial score (nSPS) is 17.0. The maximum atomic E-state index is 12.4. The van der Waals surface area contributed by atoms with Crippen molar-refractivity contribution in [2.24, 2.45) is 0 Å². The van der Waals surface area contributed by atoms with E-state index in [1.54, 1.807) is 24.3 Å². The molecule has 0 spiro atoms. The summed E-state index contributed by atoms with van der Waals surface area (Å²) in [6, 6.07) is 6.52. The number of hydrogen-bond acceptors (Lipinski definition) is 4. The van der Waals surface area contributed by atoms with Crippen molar-refractivity contribution in [3.05, 3.63) is 29.8 Å². The Morgan fingerprint density at radius 3 is 2.35 bits per heavy atom. The molecule has 20 heavy (non-hydrogen) atoms. The van der Waals surface area contributed by atoms with Crippen LogP contribution in [0.15, 0.2) is 29.2 Å². The van der Waals surface area contributed by atoms with E-state index in [1.165, 1.54) is 0 Å². The van der Waals surface area contributed by atoms with Crippen LogP contribution in [0.2, 0.25) is 0 Å². The molecule has 1 aromatic rings. The predicted octanol–water partition coefficient (Wildman–Crippen LogP) is 1.66. The van der Waals surface area contributed by atoms with Crippen molar-refractivity contribution in [2.75, 3.05) is 13.2 Å². The fourth-order valence-corrected chi connectivity index (χ4v) is 3.99. The quantitative estimate of drug-likeness (QED) is 0.894. The maximum absolute atomic E-state index is 12.4. The second-order valence-electron chi connectivity index (χ2n) is 4.89. The second kappa shape index (κ2) is 6.37. The SMILES string of the molecule is O=C(O)CCc1ccc(S(=O)(=O)C2CCOCC2)cc1. The molecule has 0 bridgehead atoms. The van der Waals surface area contributed by atoms with Crippen molar-refractivity contribution in [3.8, 4) is 0 Å². The number of benzene rings is 1. The zero-order chi connectivity index (χ0) is 14.6. The Morgan fingerprint density at radius 2 is 1.80 bits per heavy atom. The summed E-state index contributed by atoms with van der Waals surface area (Å²) in [5.41, 5.74) is 0.832. The largest absolute Gasteiger partial charge is 0.481 e. The van der Waals surface area contributed by atoms with Gasteiger partial charge in [0, 0.05) is 19.6 Å². The molecule has 2 rings (SSSR count). The van der Waals surface area contributed by atoms with E-state index in [4.69, 9.17) is 9.84 Å². The summed E-state index contributed by atoms with van der Waals surface area (Å²) in [5.74, 6) is -0.857. The van der Waals surface area contributed by atoms with E-state index >= 15 is 0 Å². The van der Waals surface area contributed by atoms with Crippen molar-refractivity contribution in [1.29, 1.82) is 0 Å². The third-order valence-corrected chi connectivity index (χ3v) is 5.76. The molecule has 0 aliphatic carbocycles. The Balaban J connectivity index is 2.10. The highest BCUT2D eigenvalue weighted by molar-refractivity contribution is 7.92. The topological polar surface area (TPSA) is 80.7 Å². The van der Waals surface area contributed by atoms with Crippen LogP contribution in [-0.4, -0.2) is 38.0 Å².